The second-order valence-electron chi connectivity index (χ2n) is 7.02. The second-order valence-corrected chi connectivity index (χ2v) is 7.02. The van der Waals surface area contributed by atoms with Crippen LogP contribution in [-0.4, -0.2) is 43.3 Å². The minimum atomic E-state index is -1.12. The van der Waals surface area contributed by atoms with Crippen LogP contribution in [0, 0.1) is 5.82 Å². The van der Waals surface area contributed by atoms with Gasteiger partial charge in [-0.1, -0.05) is 0 Å². The van der Waals surface area contributed by atoms with Gasteiger partial charge in [-0.25, -0.2) is 18.7 Å². The number of aromatic carboxylic acids is 1. The van der Waals surface area contributed by atoms with Gasteiger partial charge in [-0.15, -0.1) is 0 Å². The summed E-state index contributed by atoms with van der Waals surface area (Å²) in [5.74, 6) is -1.06. The van der Waals surface area contributed by atoms with Gasteiger partial charge in [0.25, 0.3) is 5.56 Å². The van der Waals surface area contributed by atoms with Crippen LogP contribution in [0.15, 0.2) is 35.5 Å². The highest BCUT2D eigenvalue weighted by atomic mass is 19.1. The van der Waals surface area contributed by atoms with Crippen molar-refractivity contribution < 1.29 is 14.3 Å². The Labute approximate surface area is 165 Å². The Hall–Kier alpha value is -3.27. The third kappa shape index (κ3) is 3.46. The summed E-state index contributed by atoms with van der Waals surface area (Å²) in [4.78, 5) is 30.7. The van der Waals surface area contributed by atoms with E-state index in [1.54, 1.807) is 12.3 Å². The number of aromatic nitrogens is 4. The maximum absolute atomic E-state index is 14.2. The summed E-state index contributed by atoms with van der Waals surface area (Å²) < 4.78 is 17.0. The Kier molecular flexibility index (Phi) is 5.01. The molecule has 0 aromatic carbocycles. The third-order valence-corrected chi connectivity index (χ3v) is 5.17. The van der Waals surface area contributed by atoms with Crippen LogP contribution in [0.1, 0.15) is 41.2 Å². The molecule has 3 aromatic heterocycles. The van der Waals surface area contributed by atoms with E-state index in [2.05, 4.69) is 10.1 Å². The first-order valence-electron chi connectivity index (χ1n) is 9.44. The molecule has 1 saturated heterocycles. The fourth-order valence-electron chi connectivity index (χ4n) is 3.82. The fourth-order valence-corrected chi connectivity index (χ4v) is 3.82. The first-order valence-corrected chi connectivity index (χ1v) is 9.44. The number of fused-ring (bicyclic) bond motifs is 1. The van der Waals surface area contributed by atoms with Gasteiger partial charge in [-0.3, -0.25) is 4.79 Å². The molecule has 29 heavy (non-hydrogen) atoms. The van der Waals surface area contributed by atoms with E-state index in [1.165, 1.54) is 27.5 Å². The number of rotatable bonds is 6. The molecule has 0 aliphatic carbocycles. The number of carbonyl (C=O) groups is 1. The largest absolute Gasteiger partial charge is 0.477 e. The Morgan fingerprint density at radius 2 is 2.24 bits per heavy atom. The number of hydrogen-bond donors (Lipinski definition) is 2. The predicted molar refractivity (Wildman–Crippen MR) is 104 cm³/mol. The highest BCUT2D eigenvalue weighted by molar-refractivity contribution is 5.94. The number of anilines is 1. The van der Waals surface area contributed by atoms with Gasteiger partial charge in [-0.2, -0.15) is 5.10 Å². The maximum Gasteiger partial charge on any atom is 0.341 e. The van der Waals surface area contributed by atoms with Crippen molar-refractivity contribution in [2.24, 2.45) is 5.73 Å². The van der Waals surface area contributed by atoms with E-state index in [0.717, 1.165) is 6.42 Å². The molecule has 0 bridgehead atoms. The van der Waals surface area contributed by atoms with E-state index >= 15 is 0 Å². The number of nitrogens with zero attached hydrogens (tertiary/aromatic N) is 5. The molecular weight excluding hydrogens is 379 g/mol. The quantitative estimate of drug-likeness (QED) is 0.642. The van der Waals surface area contributed by atoms with E-state index in [1.807, 2.05) is 4.90 Å². The fraction of sp³-hybridized carbons (Fsp3) is 0.368. The topological polar surface area (TPSA) is 119 Å². The summed E-state index contributed by atoms with van der Waals surface area (Å²) in [6.07, 6.45) is 6.14. The van der Waals surface area contributed by atoms with Crippen LogP contribution in [0.4, 0.5) is 10.2 Å². The summed E-state index contributed by atoms with van der Waals surface area (Å²) in [6.45, 7) is 1.40. The number of halogens is 1. The van der Waals surface area contributed by atoms with Crippen molar-refractivity contribution in [2.75, 3.05) is 18.0 Å². The lowest BCUT2D eigenvalue weighted by molar-refractivity contribution is 0.0698. The highest BCUT2D eigenvalue weighted by Gasteiger charge is 2.30. The standard InChI is InChI=1S/C19H21FN6O3/c20-12-9-13(18(27)24(11-12)6-2-5-21)15-3-1-7-25(15)16-4-8-26-17(23-16)14(10-22-26)19(28)29/h4,8-11,15H,1-3,5-7,21H2,(H,28,29)/t15-/m1/s1. The Balaban J connectivity index is 1.74. The lowest BCUT2D eigenvalue weighted by Crippen LogP contribution is -2.32. The van der Waals surface area contributed by atoms with Gasteiger partial charge in [0, 0.05) is 31.0 Å². The molecule has 9 nitrogen and oxygen atoms in total. The van der Waals surface area contributed by atoms with Crippen LogP contribution in [0.25, 0.3) is 5.65 Å². The Bertz CT molecular complexity index is 1120. The second kappa shape index (κ2) is 7.63. The molecule has 3 N–H and O–H groups in total. The zero-order valence-electron chi connectivity index (χ0n) is 15.7. The highest BCUT2D eigenvalue weighted by Crippen LogP contribution is 2.34. The molecule has 1 fully saturated rings. The summed E-state index contributed by atoms with van der Waals surface area (Å²) >= 11 is 0. The molecule has 3 aromatic rings. The average molecular weight is 400 g/mol. The van der Waals surface area contributed by atoms with E-state index in [9.17, 15) is 19.1 Å². The first kappa shape index (κ1) is 19.1. The molecule has 152 valence electrons. The van der Waals surface area contributed by atoms with Crippen LogP contribution >= 0.6 is 0 Å². The number of pyridine rings is 1. The number of nitrogens with two attached hydrogens (primary N) is 1. The minimum Gasteiger partial charge on any atom is -0.477 e. The van der Waals surface area contributed by atoms with Gasteiger partial charge in [0.2, 0.25) is 0 Å². The van der Waals surface area contributed by atoms with Gasteiger partial charge in [0.1, 0.15) is 17.2 Å². The summed E-state index contributed by atoms with van der Waals surface area (Å²) in [6, 6.07) is 2.66. The van der Waals surface area contributed by atoms with Gasteiger partial charge in [0.15, 0.2) is 5.65 Å². The smallest absolute Gasteiger partial charge is 0.341 e. The molecule has 4 rings (SSSR count). The minimum absolute atomic E-state index is 0.00232. The average Bonchev–Trinajstić information content (AvgIpc) is 3.34. The molecule has 0 spiro atoms. The van der Waals surface area contributed by atoms with Crippen LogP contribution in [-0.2, 0) is 6.54 Å². The number of aryl methyl sites for hydroxylation is 1. The van der Waals surface area contributed by atoms with Gasteiger partial charge >= 0.3 is 5.97 Å². The van der Waals surface area contributed by atoms with E-state index in [4.69, 9.17) is 5.73 Å². The number of carboxylic acid groups (broad SMARTS) is 1. The summed E-state index contributed by atoms with van der Waals surface area (Å²) in [5.41, 5.74) is 5.86. The van der Waals surface area contributed by atoms with Crippen LogP contribution in [0.3, 0.4) is 0 Å². The van der Waals surface area contributed by atoms with Crippen molar-refractivity contribution in [3.05, 3.63) is 58.0 Å². The van der Waals surface area contributed by atoms with Crippen LogP contribution < -0.4 is 16.2 Å². The lowest BCUT2D eigenvalue weighted by atomic mass is 10.1. The molecule has 0 saturated carbocycles. The van der Waals surface area contributed by atoms with Crippen molar-refractivity contribution in [3.63, 3.8) is 0 Å². The van der Waals surface area contributed by atoms with Gasteiger partial charge in [0.05, 0.1) is 12.2 Å². The predicted octanol–water partition coefficient (Wildman–Crippen LogP) is 1.42. The zero-order valence-corrected chi connectivity index (χ0v) is 15.7. The van der Waals surface area contributed by atoms with E-state index in [0.29, 0.717) is 43.9 Å². The van der Waals surface area contributed by atoms with Crippen molar-refractivity contribution in [1.29, 1.82) is 0 Å². The van der Waals surface area contributed by atoms with Crippen molar-refractivity contribution in [3.8, 4) is 0 Å². The van der Waals surface area contributed by atoms with Gasteiger partial charge < -0.3 is 20.3 Å². The first-order chi connectivity index (χ1) is 14.0. The number of carboxylic acids is 1. The molecule has 1 aliphatic heterocycles. The molecule has 0 unspecified atom stereocenters. The van der Waals surface area contributed by atoms with Crippen molar-refractivity contribution in [1.82, 2.24) is 19.2 Å². The summed E-state index contributed by atoms with van der Waals surface area (Å²) in [5, 5.41) is 13.3. The third-order valence-electron chi connectivity index (χ3n) is 5.17. The Morgan fingerprint density at radius 1 is 1.41 bits per heavy atom. The maximum atomic E-state index is 14.2. The molecule has 4 heterocycles. The van der Waals surface area contributed by atoms with Crippen molar-refractivity contribution >= 4 is 17.4 Å². The molecule has 10 heteroatoms. The normalized spacial score (nSPS) is 16.6. The SMILES string of the molecule is NCCCn1cc(F)cc([C@H]2CCCN2c2ccn3ncc(C(=O)O)c3n2)c1=O. The van der Waals surface area contributed by atoms with Gasteiger partial charge in [-0.05, 0) is 37.9 Å². The van der Waals surface area contributed by atoms with E-state index in [-0.39, 0.29) is 22.8 Å². The molecular formula is C19H21FN6O3. The summed E-state index contributed by atoms with van der Waals surface area (Å²) in [7, 11) is 0. The number of hydrogen-bond acceptors (Lipinski definition) is 6. The lowest BCUT2D eigenvalue weighted by Gasteiger charge is -2.26. The molecule has 1 aliphatic rings. The van der Waals surface area contributed by atoms with Crippen LogP contribution in [0.2, 0.25) is 0 Å². The molecule has 0 radical (unpaired) electrons. The monoisotopic (exact) mass is 400 g/mol. The van der Waals surface area contributed by atoms with Crippen LogP contribution in [0.5, 0.6) is 0 Å². The van der Waals surface area contributed by atoms with E-state index < -0.39 is 11.8 Å². The van der Waals surface area contributed by atoms with Crippen molar-refractivity contribution in [2.45, 2.75) is 31.8 Å². The molecule has 1 atom stereocenters. The zero-order chi connectivity index (χ0) is 20.5. The Morgan fingerprint density at radius 3 is 3.00 bits per heavy atom. The molecule has 0 amide bonds.